The number of carbonyl (C=O) groups is 1. The zero-order valence-electron chi connectivity index (χ0n) is 9.17. The van der Waals surface area contributed by atoms with Gasteiger partial charge in [0, 0.05) is 0 Å². The standard InChI is InChI=1S/C11H15NO5/c13-6-11(7-14,8-15)12-10(16)17-9-4-2-1-3-5-9/h1-5,13-15H,6-8H2,(H,12,16). The third kappa shape index (κ3) is 3.70. The molecule has 1 aromatic carbocycles. The van der Waals surface area contributed by atoms with E-state index in [4.69, 9.17) is 20.1 Å². The lowest BCUT2D eigenvalue weighted by molar-refractivity contribution is 0.0440. The summed E-state index contributed by atoms with van der Waals surface area (Å²) in [6, 6.07) is 8.32. The molecule has 0 radical (unpaired) electrons. The van der Waals surface area contributed by atoms with E-state index in [-0.39, 0.29) is 0 Å². The van der Waals surface area contributed by atoms with E-state index in [1.807, 2.05) is 0 Å². The molecule has 6 heteroatoms. The van der Waals surface area contributed by atoms with Gasteiger partial charge in [-0.3, -0.25) is 0 Å². The summed E-state index contributed by atoms with van der Waals surface area (Å²) in [5, 5.41) is 29.2. The third-order valence-corrected chi connectivity index (χ3v) is 2.23. The Hall–Kier alpha value is -1.63. The molecule has 1 amide bonds. The number of aliphatic hydroxyl groups excluding tert-OH is 3. The molecule has 1 aromatic rings. The number of aliphatic hydroxyl groups is 3. The van der Waals surface area contributed by atoms with Gasteiger partial charge in [-0.15, -0.1) is 0 Å². The van der Waals surface area contributed by atoms with E-state index in [2.05, 4.69) is 5.32 Å². The van der Waals surface area contributed by atoms with Gasteiger partial charge >= 0.3 is 6.09 Å². The highest BCUT2D eigenvalue weighted by Gasteiger charge is 2.30. The van der Waals surface area contributed by atoms with E-state index in [1.165, 1.54) is 0 Å². The Balaban J connectivity index is 2.60. The van der Waals surface area contributed by atoms with Gasteiger partial charge in [0.15, 0.2) is 0 Å². The Labute approximate surface area is 98.5 Å². The van der Waals surface area contributed by atoms with Crippen molar-refractivity contribution in [3.8, 4) is 5.75 Å². The van der Waals surface area contributed by atoms with Gasteiger partial charge in [0.2, 0.25) is 0 Å². The van der Waals surface area contributed by atoms with Crippen molar-refractivity contribution in [3.05, 3.63) is 30.3 Å². The first-order chi connectivity index (χ1) is 8.15. The van der Waals surface area contributed by atoms with Crippen LogP contribution in [0.4, 0.5) is 4.79 Å². The highest BCUT2D eigenvalue weighted by Crippen LogP contribution is 2.09. The number of carbonyl (C=O) groups excluding carboxylic acids is 1. The van der Waals surface area contributed by atoms with Crippen LogP contribution in [0, 0.1) is 0 Å². The third-order valence-electron chi connectivity index (χ3n) is 2.23. The number of para-hydroxylation sites is 1. The van der Waals surface area contributed by atoms with Gasteiger partial charge in [0.05, 0.1) is 19.8 Å². The van der Waals surface area contributed by atoms with E-state index in [1.54, 1.807) is 30.3 Å². The maximum atomic E-state index is 11.4. The first kappa shape index (κ1) is 13.4. The topological polar surface area (TPSA) is 99.0 Å². The van der Waals surface area contributed by atoms with Crippen molar-refractivity contribution in [1.82, 2.24) is 5.32 Å². The van der Waals surface area contributed by atoms with E-state index in [0.717, 1.165) is 0 Å². The van der Waals surface area contributed by atoms with Crippen molar-refractivity contribution in [2.75, 3.05) is 19.8 Å². The first-order valence-corrected chi connectivity index (χ1v) is 5.03. The summed E-state index contributed by atoms with van der Waals surface area (Å²) in [7, 11) is 0. The second-order valence-corrected chi connectivity index (χ2v) is 3.58. The minimum Gasteiger partial charge on any atom is -0.410 e. The molecule has 0 spiro atoms. The Bertz CT molecular complexity index is 342. The van der Waals surface area contributed by atoms with Crippen molar-refractivity contribution in [3.63, 3.8) is 0 Å². The fourth-order valence-corrected chi connectivity index (χ4v) is 1.11. The molecule has 17 heavy (non-hydrogen) atoms. The Kier molecular flexibility index (Phi) is 4.89. The minimum atomic E-state index is -1.48. The fourth-order valence-electron chi connectivity index (χ4n) is 1.11. The van der Waals surface area contributed by atoms with Crippen LogP contribution in [0.1, 0.15) is 0 Å². The fraction of sp³-hybridized carbons (Fsp3) is 0.364. The summed E-state index contributed by atoms with van der Waals surface area (Å²) in [5.74, 6) is 0.327. The molecule has 0 saturated carbocycles. The average Bonchev–Trinajstić information content (AvgIpc) is 2.37. The van der Waals surface area contributed by atoms with Crippen molar-refractivity contribution < 1.29 is 24.9 Å². The summed E-state index contributed by atoms with van der Waals surface area (Å²) in [4.78, 5) is 11.4. The lowest BCUT2D eigenvalue weighted by Gasteiger charge is -2.27. The Morgan fingerprint density at radius 1 is 1.12 bits per heavy atom. The predicted molar refractivity (Wildman–Crippen MR) is 59.6 cm³/mol. The summed E-state index contributed by atoms with van der Waals surface area (Å²) in [5.41, 5.74) is -1.48. The average molecular weight is 241 g/mol. The monoisotopic (exact) mass is 241 g/mol. The van der Waals surface area contributed by atoms with Gasteiger partial charge in [0.1, 0.15) is 11.3 Å². The van der Waals surface area contributed by atoms with Gasteiger partial charge in [0.25, 0.3) is 0 Å². The van der Waals surface area contributed by atoms with Crippen LogP contribution in [0.3, 0.4) is 0 Å². The van der Waals surface area contributed by atoms with E-state index < -0.39 is 31.5 Å². The number of hydrogen-bond acceptors (Lipinski definition) is 5. The molecule has 4 N–H and O–H groups in total. The zero-order valence-corrected chi connectivity index (χ0v) is 9.17. The summed E-state index contributed by atoms with van der Waals surface area (Å²) in [6.45, 7) is -1.78. The quantitative estimate of drug-likeness (QED) is 0.556. The van der Waals surface area contributed by atoms with E-state index in [0.29, 0.717) is 5.75 Å². The molecule has 1 rings (SSSR count). The molecule has 0 aliphatic rings. The smallest absolute Gasteiger partial charge is 0.410 e. The number of benzene rings is 1. The number of hydrogen-bond donors (Lipinski definition) is 4. The number of rotatable bonds is 5. The second kappa shape index (κ2) is 6.19. The molecular formula is C11H15NO5. The molecule has 0 aliphatic heterocycles. The molecule has 0 aromatic heterocycles. The Morgan fingerprint density at radius 2 is 1.65 bits per heavy atom. The maximum Gasteiger partial charge on any atom is 0.413 e. The lowest BCUT2D eigenvalue weighted by atomic mass is 10.0. The van der Waals surface area contributed by atoms with Crippen LogP contribution in [0.5, 0.6) is 5.75 Å². The van der Waals surface area contributed by atoms with Gasteiger partial charge < -0.3 is 25.4 Å². The first-order valence-electron chi connectivity index (χ1n) is 5.03. The van der Waals surface area contributed by atoms with Gasteiger partial charge in [-0.05, 0) is 12.1 Å². The molecular weight excluding hydrogens is 226 g/mol. The zero-order chi connectivity index (χ0) is 12.7. The Morgan fingerprint density at radius 3 is 2.12 bits per heavy atom. The van der Waals surface area contributed by atoms with Crippen LogP contribution in [-0.2, 0) is 0 Å². The molecule has 0 heterocycles. The molecule has 6 nitrogen and oxygen atoms in total. The van der Waals surface area contributed by atoms with Crippen LogP contribution in [-0.4, -0.2) is 46.8 Å². The van der Waals surface area contributed by atoms with Crippen molar-refractivity contribution in [2.24, 2.45) is 0 Å². The minimum absolute atomic E-state index is 0.327. The van der Waals surface area contributed by atoms with Crippen LogP contribution in [0.15, 0.2) is 30.3 Å². The lowest BCUT2D eigenvalue weighted by Crippen LogP contribution is -2.57. The normalized spacial score (nSPS) is 11.0. The highest BCUT2D eigenvalue weighted by molar-refractivity contribution is 5.71. The second-order valence-electron chi connectivity index (χ2n) is 3.58. The van der Waals surface area contributed by atoms with Crippen LogP contribution in [0.2, 0.25) is 0 Å². The number of amides is 1. The van der Waals surface area contributed by atoms with Crippen LogP contribution < -0.4 is 10.1 Å². The summed E-state index contributed by atoms with van der Waals surface area (Å²) in [6.07, 6.45) is -0.853. The molecule has 0 fully saturated rings. The van der Waals surface area contributed by atoms with Gasteiger partial charge in [-0.2, -0.15) is 0 Å². The molecule has 0 aliphatic carbocycles. The molecule has 0 unspecified atom stereocenters. The van der Waals surface area contributed by atoms with E-state index >= 15 is 0 Å². The van der Waals surface area contributed by atoms with Crippen LogP contribution >= 0.6 is 0 Å². The van der Waals surface area contributed by atoms with Crippen molar-refractivity contribution in [1.29, 1.82) is 0 Å². The van der Waals surface area contributed by atoms with Gasteiger partial charge in [-0.1, -0.05) is 18.2 Å². The SMILES string of the molecule is O=C(NC(CO)(CO)CO)Oc1ccccc1. The largest absolute Gasteiger partial charge is 0.413 e. The highest BCUT2D eigenvalue weighted by atomic mass is 16.6. The molecule has 94 valence electrons. The van der Waals surface area contributed by atoms with Crippen molar-refractivity contribution >= 4 is 6.09 Å². The maximum absolute atomic E-state index is 11.4. The molecule has 0 bridgehead atoms. The number of nitrogens with one attached hydrogen (secondary N) is 1. The predicted octanol–water partition coefficient (Wildman–Crippen LogP) is -0.509. The summed E-state index contributed by atoms with van der Waals surface area (Å²) >= 11 is 0. The van der Waals surface area contributed by atoms with Gasteiger partial charge in [-0.25, -0.2) is 4.79 Å². The van der Waals surface area contributed by atoms with Crippen LogP contribution in [0.25, 0.3) is 0 Å². The molecule has 0 atom stereocenters. The number of ether oxygens (including phenoxy) is 1. The molecule has 0 saturated heterocycles. The summed E-state index contributed by atoms with van der Waals surface area (Å²) < 4.78 is 4.89. The van der Waals surface area contributed by atoms with Crippen molar-refractivity contribution in [2.45, 2.75) is 5.54 Å². The van der Waals surface area contributed by atoms with E-state index in [9.17, 15) is 4.79 Å².